The Hall–Kier alpha value is -1.53. The fourth-order valence-corrected chi connectivity index (χ4v) is 4.34. The number of carbonyl (C=O) groups excluding carboxylic acids is 1. The monoisotopic (exact) mass is 346 g/mol. The van der Waals surface area contributed by atoms with Gasteiger partial charge in [-0.3, -0.25) is 9.89 Å². The van der Waals surface area contributed by atoms with Gasteiger partial charge in [-0.15, -0.1) is 0 Å². The molecule has 4 rings (SSSR count). The van der Waals surface area contributed by atoms with Crippen molar-refractivity contribution in [1.29, 1.82) is 0 Å². The van der Waals surface area contributed by atoms with E-state index in [1.165, 1.54) is 67.5 Å². The Balaban J connectivity index is 0.000000162. The van der Waals surface area contributed by atoms with Gasteiger partial charge in [-0.1, -0.05) is 19.3 Å². The number of aryl methyl sites for hydroxylation is 1. The lowest BCUT2D eigenvalue weighted by atomic mass is 9.96. The molecular formula is C18H26N4OS. The normalized spacial score (nSPS) is 18.5. The van der Waals surface area contributed by atoms with Crippen molar-refractivity contribution in [3.05, 3.63) is 23.9 Å². The van der Waals surface area contributed by atoms with Crippen LogP contribution in [0.4, 0.5) is 0 Å². The second-order valence-corrected chi connectivity index (χ2v) is 7.73. The summed E-state index contributed by atoms with van der Waals surface area (Å²) < 4.78 is 2.38. The molecule has 130 valence electrons. The van der Waals surface area contributed by atoms with E-state index >= 15 is 0 Å². The van der Waals surface area contributed by atoms with Crippen molar-refractivity contribution in [2.45, 2.75) is 56.4 Å². The Labute approximate surface area is 147 Å². The van der Waals surface area contributed by atoms with Gasteiger partial charge < -0.3 is 5.32 Å². The summed E-state index contributed by atoms with van der Waals surface area (Å²) in [7, 11) is 0. The van der Waals surface area contributed by atoms with E-state index in [2.05, 4.69) is 38.9 Å². The first kappa shape index (κ1) is 17.3. The van der Waals surface area contributed by atoms with E-state index in [0.29, 0.717) is 6.04 Å². The maximum atomic E-state index is 9.96. The maximum absolute atomic E-state index is 9.96. The molecule has 1 saturated carbocycles. The molecular weight excluding hydrogens is 320 g/mol. The number of rotatable bonds is 4. The van der Waals surface area contributed by atoms with Gasteiger partial charge in [0, 0.05) is 29.4 Å². The number of nitrogens with one attached hydrogen (secondary N) is 2. The zero-order chi connectivity index (χ0) is 16.8. The number of H-pyrrole nitrogens is 1. The zero-order valence-electron chi connectivity index (χ0n) is 14.3. The van der Waals surface area contributed by atoms with E-state index in [9.17, 15) is 4.79 Å². The van der Waals surface area contributed by atoms with Crippen LogP contribution in [-0.4, -0.2) is 40.0 Å². The predicted molar refractivity (Wildman–Crippen MR) is 99.0 cm³/mol. The Morgan fingerprint density at radius 3 is 2.71 bits per heavy atom. The molecule has 2 heterocycles. The molecule has 2 aliphatic rings. The first-order valence-corrected chi connectivity index (χ1v) is 9.60. The molecule has 1 aromatic heterocycles. The number of carbonyl (C=O) groups is 1. The number of fused-ring (bicyclic) bond motifs is 1. The van der Waals surface area contributed by atoms with Crippen LogP contribution in [-0.2, 0) is 4.79 Å². The van der Waals surface area contributed by atoms with Gasteiger partial charge in [0.1, 0.15) is 0 Å². The van der Waals surface area contributed by atoms with E-state index in [0.717, 1.165) is 11.9 Å². The highest BCUT2D eigenvalue weighted by Crippen LogP contribution is 2.32. The molecule has 6 heteroatoms. The second-order valence-electron chi connectivity index (χ2n) is 6.59. The molecule has 5 nitrogen and oxygen atoms in total. The molecule has 0 atom stereocenters. The third-order valence-electron chi connectivity index (χ3n) is 4.61. The molecule has 2 fully saturated rings. The van der Waals surface area contributed by atoms with Gasteiger partial charge in [-0.05, 0) is 55.8 Å². The van der Waals surface area contributed by atoms with Gasteiger partial charge in [-0.2, -0.15) is 5.10 Å². The molecule has 0 unspecified atom stereocenters. The lowest BCUT2D eigenvalue weighted by molar-refractivity contribution is -0.110. The number of hydrogen-bond acceptors (Lipinski definition) is 4. The lowest BCUT2D eigenvalue weighted by Crippen LogP contribution is -2.30. The van der Waals surface area contributed by atoms with E-state index in [4.69, 9.17) is 0 Å². The molecule has 0 radical (unpaired) electrons. The Kier molecular flexibility index (Phi) is 6.15. The van der Waals surface area contributed by atoms with Gasteiger partial charge in [-0.25, -0.2) is 4.31 Å². The fraction of sp³-hybridized carbons (Fsp3) is 0.556. The molecule has 1 aliphatic heterocycles. The molecule has 1 amide bonds. The van der Waals surface area contributed by atoms with Crippen molar-refractivity contribution in [3.8, 4) is 0 Å². The number of amides is 1. The maximum Gasteiger partial charge on any atom is 0.207 e. The number of aromatic nitrogens is 2. The Morgan fingerprint density at radius 1 is 1.25 bits per heavy atom. The van der Waals surface area contributed by atoms with E-state index in [-0.39, 0.29) is 0 Å². The van der Waals surface area contributed by atoms with Gasteiger partial charge in [0.25, 0.3) is 0 Å². The number of aromatic amines is 1. The topological polar surface area (TPSA) is 61.0 Å². The fourth-order valence-electron chi connectivity index (χ4n) is 3.12. The van der Waals surface area contributed by atoms with E-state index in [1.54, 1.807) is 0 Å². The van der Waals surface area contributed by atoms with Gasteiger partial charge in [0.15, 0.2) is 0 Å². The highest BCUT2D eigenvalue weighted by molar-refractivity contribution is 7.97. The average molecular weight is 347 g/mol. The van der Waals surface area contributed by atoms with Crippen molar-refractivity contribution in [2.75, 3.05) is 13.1 Å². The third kappa shape index (κ3) is 4.51. The van der Waals surface area contributed by atoms with Crippen molar-refractivity contribution < 1.29 is 4.79 Å². The van der Waals surface area contributed by atoms with Gasteiger partial charge in [0.2, 0.25) is 6.41 Å². The summed E-state index contributed by atoms with van der Waals surface area (Å²) >= 11 is 1.84. The number of benzene rings is 1. The van der Waals surface area contributed by atoms with Crippen LogP contribution in [0.5, 0.6) is 0 Å². The Bertz CT molecular complexity index is 662. The standard InChI is InChI=1S/C11H13N3S.C7H13NO/c1-8-5-9-7-12-13-11(9)10(6-8)15-14-3-2-4-14;9-6-8-7-4-2-1-3-5-7/h5-7H,2-4H2,1H3,(H,12,13);6-7H,1-5H2,(H,8,9). The third-order valence-corrected chi connectivity index (χ3v) is 5.75. The average Bonchev–Trinajstić information content (AvgIpc) is 3.01. The first-order chi connectivity index (χ1) is 11.8. The quantitative estimate of drug-likeness (QED) is 0.655. The summed E-state index contributed by atoms with van der Waals surface area (Å²) in [5.41, 5.74) is 2.46. The van der Waals surface area contributed by atoms with Crippen LogP contribution >= 0.6 is 11.9 Å². The minimum Gasteiger partial charge on any atom is -0.356 e. The zero-order valence-corrected chi connectivity index (χ0v) is 15.1. The predicted octanol–water partition coefficient (Wildman–Crippen LogP) is 3.65. The van der Waals surface area contributed by atoms with Crippen LogP contribution in [0.25, 0.3) is 10.9 Å². The van der Waals surface area contributed by atoms with Crippen LogP contribution < -0.4 is 5.32 Å². The van der Waals surface area contributed by atoms with Crippen LogP contribution in [0, 0.1) is 6.92 Å². The smallest absolute Gasteiger partial charge is 0.207 e. The summed E-state index contributed by atoms with van der Waals surface area (Å²) in [5, 5.41) is 11.2. The summed E-state index contributed by atoms with van der Waals surface area (Å²) in [6.45, 7) is 4.54. The molecule has 1 aromatic carbocycles. The van der Waals surface area contributed by atoms with Crippen molar-refractivity contribution in [2.24, 2.45) is 0 Å². The molecule has 1 saturated heterocycles. The van der Waals surface area contributed by atoms with Crippen LogP contribution in [0.15, 0.2) is 23.2 Å². The number of hydrogen-bond donors (Lipinski definition) is 2. The summed E-state index contributed by atoms with van der Waals surface area (Å²) in [4.78, 5) is 11.3. The summed E-state index contributed by atoms with van der Waals surface area (Å²) in [6.07, 6.45) is 10.3. The highest BCUT2D eigenvalue weighted by Gasteiger charge is 2.17. The lowest BCUT2D eigenvalue weighted by Gasteiger charge is -2.29. The molecule has 0 bridgehead atoms. The van der Waals surface area contributed by atoms with E-state index < -0.39 is 0 Å². The summed E-state index contributed by atoms with van der Waals surface area (Å²) in [6, 6.07) is 4.87. The summed E-state index contributed by atoms with van der Waals surface area (Å²) in [5.74, 6) is 0. The molecule has 2 N–H and O–H groups in total. The van der Waals surface area contributed by atoms with Crippen molar-refractivity contribution in [3.63, 3.8) is 0 Å². The van der Waals surface area contributed by atoms with Crippen molar-refractivity contribution >= 4 is 29.3 Å². The largest absolute Gasteiger partial charge is 0.356 e. The van der Waals surface area contributed by atoms with Crippen LogP contribution in [0.2, 0.25) is 0 Å². The van der Waals surface area contributed by atoms with Crippen LogP contribution in [0.1, 0.15) is 44.1 Å². The Morgan fingerprint density at radius 2 is 2.04 bits per heavy atom. The molecule has 1 aliphatic carbocycles. The minimum absolute atomic E-state index is 0.483. The van der Waals surface area contributed by atoms with Crippen molar-refractivity contribution in [1.82, 2.24) is 19.8 Å². The molecule has 2 aromatic rings. The highest BCUT2D eigenvalue weighted by atomic mass is 32.2. The number of nitrogens with zero attached hydrogens (tertiary/aromatic N) is 2. The second kappa shape index (κ2) is 8.53. The van der Waals surface area contributed by atoms with Gasteiger partial charge >= 0.3 is 0 Å². The first-order valence-electron chi connectivity index (χ1n) is 8.82. The molecule has 24 heavy (non-hydrogen) atoms. The minimum atomic E-state index is 0.483. The van der Waals surface area contributed by atoms with Gasteiger partial charge in [0.05, 0.1) is 11.7 Å². The molecule has 0 spiro atoms. The van der Waals surface area contributed by atoms with E-state index in [1.807, 2.05) is 18.1 Å². The van der Waals surface area contributed by atoms with Crippen LogP contribution in [0.3, 0.4) is 0 Å². The SMILES string of the molecule is Cc1cc(SN2CCC2)c2[nH]ncc2c1.O=CNC1CCCCC1.